The van der Waals surface area contributed by atoms with E-state index in [9.17, 15) is 18.3 Å². The summed E-state index contributed by atoms with van der Waals surface area (Å²) in [5.41, 5.74) is 5.51. The number of ether oxygens (including phenoxy) is 2. The largest absolute Gasteiger partial charge is 0.388 e. The van der Waals surface area contributed by atoms with Gasteiger partial charge in [-0.25, -0.2) is 8.42 Å². The van der Waals surface area contributed by atoms with Gasteiger partial charge in [-0.05, 0) is 0 Å². The van der Waals surface area contributed by atoms with Crippen LogP contribution >= 0.6 is 0 Å². The molecule has 5 atom stereocenters. The topological polar surface area (TPSA) is 119 Å². The summed E-state index contributed by atoms with van der Waals surface area (Å²) < 4.78 is 34.1. The molecule has 0 aromatic heterocycles. The van der Waals surface area contributed by atoms with Gasteiger partial charge in [0.15, 0.2) is 9.84 Å². The molecule has 3 heterocycles. The summed E-state index contributed by atoms with van der Waals surface area (Å²) in [7, 11) is -3.00. The number of sulfone groups is 1. The quantitative estimate of drug-likeness (QED) is 0.605. The van der Waals surface area contributed by atoms with E-state index < -0.39 is 28.1 Å². The maximum absolute atomic E-state index is 12.2. The van der Waals surface area contributed by atoms with Crippen molar-refractivity contribution in [2.24, 2.45) is 5.73 Å². The highest BCUT2D eigenvalue weighted by molar-refractivity contribution is 7.91. The monoisotopic (exact) mass is 334 g/mol. The van der Waals surface area contributed by atoms with E-state index in [4.69, 9.17) is 15.2 Å². The molecule has 22 heavy (non-hydrogen) atoms. The Balaban J connectivity index is 1.50. The fraction of sp³-hybridized carbons (Fsp3) is 0.923. The Morgan fingerprint density at radius 1 is 1.27 bits per heavy atom. The van der Waals surface area contributed by atoms with Crippen molar-refractivity contribution >= 4 is 15.7 Å². The number of nitrogens with two attached hydrogens (primary N) is 1. The van der Waals surface area contributed by atoms with Gasteiger partial charge < -0.3 is 25.2 Å². The van der Waals surface area contributed by atoms with Gasteiger partial charge >= 0.3 is 0 Å². The average Bonchev–Trinajstić information content (AvgIpc) is 2.98. The van der Waals surface area contributed by atoms with Crippen LogP contribution in [0.15, 0.2) is 0 Å². The number of rotatable bonds is 3. The predicted molar refractivity (Wildman–Crippen MR) is 76.9 cm³/mol. The molecule has 1 amide bonds. The molecule has 0 aliphatic carbocycles. The molecule has 3 aliphatic rings. The molecule has 0 aromatic carbocycles. The molecule has 0 unspecified atom stereocenters. The van der Waals surface area contributed by atoms with E-state index >= 15 is 0 Å². The summed E-state index contributed by atoms with van der Waals surface area (Å²) in [6, 6.07) is 0. The summed E-state index contributed by atoms with van der Waals surface area (Å²) >= 11 is 0. The minimum Gasteiger partial charge on any atom is -0.388 e. The fourth-order valence-electron chi connectivity index (χ4n) is 3.32. The SMILES string of the molecule is NC[C@H]1O[C@@H]2C[C@@H](CC(=O)N3CCS(=O)(=O)CC3)O[C@@H]2[C@@H]1O. The minimum atomic E-state index is -3.00. The van der Waals surface area contributed by atoms with Gasteiger partial charge in [0.1, 0.15) is 12.2 Å². The number of aliphatic hydroxyl groups excluding tert-OH is 1. The Hall–Kier alpha value is -0.740. The Bertz CT molecular complexity index is 525. The molecule has 0 aromatic rings. The van der Waals surface area contributed by atoms with Crippen LogP contribution in [-0.4, -0.2) is 86.0 Å². The first-order valence-electron chi connectivity index (χ1n) is 7.57. The number of aliphatic hydroxyl groups is 1. The van der Waals surface area contributed by atoms with E-state index in [-0.39, 0.29) is 55.7 Å². The summed E-state index contributed by atoms with van der Waals surface area (Å²) in [6.45, 7) is 0.730. The summed E-state index contributed by atoms with van der Waals surface area (Å²) in [6.07, 6.45) is -1.35. The maximum Gasteiger partial charge on any atom is 0.225 e. The number of nitrogens with zero attached hydrogens (tertiary/aromatic N) is 1. The number of amides is 1. The highest BCUT2D eigenvalue weighted by atomic mass is 32.2. The van der Waals surface area contributed by atoms with E-state index in [1.165, 1.54) is 0 Å². The molecule has 3 N–H and O–H groups in total. The first-order chi connectivity index (χ1) is 10.4. The lowest BCUT2D eigenvalue weighted by Crippen LogP contribution is -2.44. The Morgan fingerprint density at radius 2 is 1.95 bits per heavy atom. The van der Waals surface area contributed by atoms with Gasteiger partial charge in [-0.1, -0.05) is 0 Å². The standard InChI is InChI=1S/C13H22N2O6S/c14-7-10-12(17)13-9(21-10)5-8(20-13)6-11(16)15-1-3-22(18,19)4-2-15/h8-10,12-13,17H,1-7,14H2/t8-,9+,10+,12+,13-/m0/s1. The van der Waals surface area contributed by atoms with Crippen LogP contribution in [0, 0.1) is 0 Å². The Morgan fingerprint density at radius 3 is 2.55 bits per heavy atom. The lowest BCUT2D eigenvalue weighted by molar-refractivity contribution is -0.134. The number of carbonyl (C=O) groups excluding carboxylic acids is 1. The molecule has 3 saturated heterocycles. The summed E-state index contributed by atoms with van der Waals surface area (Å²) in [5, 5.41) is 10.0. The second kappa shape index (κ2) is 6.04. The third kappa shape index (κ3) is 3.13. The molecule has 3 rings (SSSR count). The highest BCUT2D eigenvalue weighted by Gasteiger charge is 2.50. The summed E-state index contributed by atoms with van der Waals surface area (Å²) in [5.74, 6) is -0.0601. The second-order valence-corrected chi connectivity index (χ2v) is 8.44. The van der Waals surface area contributed by atoms with Crippen molar-refractivity contribution in [3.05, 3.63) is 0 Å². The van der Waals surface area contributed by atoms with Gasteiger partial charge in [-0.2, -0.15) is 0 Å². The first kappa shape index (κ1) is 16.1. The van der Waals surface area contributed by atoms with Gasteiger partial charge in [0.2, 0.25) is 5.91 Å². The van der Waals surface area contributed by atoms with Crippen molar-refractivity contribution in [3.63, 3.8) is 0 Å². The maximum atomic E-state index is 12.2. The molecule has 0 saturated carbocycles. The van der Waals surface area contributed by atoms with E-state index in [2.05, 4.69) is 0 Å². The van der Waals surface area contributed by atoms with Gasteiger partial charge in [0.25, 0.3) is 0 Å². The van der Waals surface area contributed by atoms with Crippen LogP contribution in [-0.2, 0) is 24.1 Å². The third-order valence-electron chi connectivity index (χ3n) is 4.61. The zero-order valence-electron chi connectivity index (χ0n) is 12.3. The van der Waals surface area contributed by atoms with E-state index in [1.807, 2.05) is 0 Å². The molecule has 0 spiro atoms. The van der Waals surface area contributed by atoms with Crippen LogP contribution in [0.4, 0.5) is 0 Å². The molecule has 126 valence electrons. The zero-order valence-corrected chi connectivity index (χ0v) is 13.1. The number of hydrogen-bond donors (Lipinski definition) is 2. The highest BCUT2D eigenvalue weighted by Crippen LogP contribution is 2.35. The lowest BCUT2D eigenvalue weighted by Gasteiger charge is -2.28. The zero-order chi connectivity index (χ0) is 15.9. The van der Waals surface area contributed by atoms with Gasteiger partial charge in [0.05, 0.1) is 36.2 Å². The van der Waals surface area contributed by atoms with E-state index in [1.54, 1.807) is 4.90 Å². The predicted octanol–water partition coefficient (Wildman–Crippen LogP) is -2.12. The van der Waals surface area contributed by atoms with Crippen molar-refractivity contribution in [3.8, 4) is 0 Å². The van der Waals surface area contributed by atoms with Gasteiger partial charge in [-0.3, -0.25) is 4.79 Å². The second-order valence-electron chi connectivity index (χ2n) is 6.13. The molecule has 3 fully saturated rings. The van der Waals surface area contributed by atoms with Crippen molar-refractivity contribution in [1.82, 2.24) is 4.90 Å². The van der Waals surface area contributed by atoms with Crippen LogP contribution in [0.3, 0.4) is 0 Å². The summed E-state index contributed by atoms with van der Waals surface area (Å²) in [4.78, 5) is 13.8. The number of hydrogen-bond acceptors (Lipinski definition) is 7. The average molecular weight is 334 g/mol. The van der Waals surface area contributed by atoms with Crippen LogP contribution in [0.1, 0.15) is 12.8 Å². The van der Waals surface area contributed by atoms with Crippen LogP contribution < -0.4 is 5.73 Å². The Labute approximate surface area is 129 Å². The Kier molecular flexibility index (Phi) is 4.43. The first-order valence-corrected chi connectivity index (χ1v) is 9.39. The van der Waals surface area contributed by atoms with Gasteiger partial charge in [0, 0.05) is 26.1 Å². The van der Waals surface area contributed by atoms with Crippen LogP contribution in [0.25, 0.3) is 0 Å². The van der Waals surface area contributed by atoms with E-state index in [0.717, 1.165) is 0 Å². The molecular weight excluding hydrogens is 312 g/mol. The van der Waals surface area contributed by atoms with Crippen molar-refractivity contribution in [2.45, 2.75) is 43.4 Å². The van der Waals surface area contributed by atoms with Crippen molar-refractivity contribution in [1.29, 1.82) is 0 Å². The molecule has 9 heteroatoms. The molecule has 0 bridgehead atoms. The molecule has 0 radical (unpaired) electrons. The molecular formula is C13H22N2O6S. The lowest BCUT2D eigenvalue weighted by atomic mass is 10.1. The normalized spacial score (nSPS) is 40.6. The smallest absolute Gasteiger partial charge is 0.225 e. The molecule has 3 aliphatic heterocycles. The van der Waals surface area contributed by atoms with Crippen LogP contribution in [0.2, 0.25) is 0 Å². The van der Waals surface area contributed by atoms with Crippen molar-refractivity contribution < 1.29 is 27.8 Å². The molecule has 8 nitrogen and oxygen atoms in total. The number of carbonyl (C=O) groups is 1. The van der Waals surface area contributed by atoms with Crippen molar-refractivity contribution in [2.75, 3.05) is 31.1 Å². The van der Waals surface area contributed by atoms with Gasteiger partial charge in [-0.15, -0.1) is 0 Å². The fourth-order valence-corrected chi connectivity index (χ4v) is 4.52. The number of fused-ring (bicyclic) bond motifs is 1. The minimum absolute atomic E-state index is 0.0233. The third-order valence-corrected chi connectivity index (χ3v) is 6.22. The van der Waals surface area contributed by atoms with Crippen LogP contribution in [0.5, 0.6) is 0 Å². The van der Waals surface area contributed by atoms with E-state index in [0.29, 0.717) is 6.42 Å².